The lowest BCUT2D eigenvalue weighted by atomic mass is 9.94. The van der Waals surface area contributed by atoms with E-state index in [0.717, 1.165) is 31.6 Å². The smallest absolute Gasteiger partial charge is 0.325 e. The molecule has 0 bridgehead atoms. The van der Waals surface area contributed by atoms with Crippen molar-refractivity contribution in [3.8, 4) is 5.75 Å². The highest BCUT2D eigenvalue weighted by Gasteiger charge is 2.25. The second-order valence-corrected chi connectivity index (χ2v) is 6.16. The molecule has 0 spiro atoms. The highest BCUT2D eigenvalue weighted by molar-refractivity contribution is 5.66. The first kappa shape index (κ1) is 17.2. The fourth-order valence-electron chi connectivity index (χ4n) is 3.28. The van der Waals surface area contributed by atoms with Crippen molar-refractivity contribution in [2.24, 2.45) is 0 Å². The van der Waals surface area contributed by atoms with Crippen molar-refractivity contribution in [3.05, 3.63) is 46.3 Å². The number of rotatable bonds is 6. The van der Waals surface area contributed by atoms with Crippen LogP contribution < -0.4 is 10.2 Å². The van der Waals surface area contributed by atoms with Crippen molar-refractivity contribution in [2.45, 2.75) is 31.8 Å². The van der Waals surface area contributed by atoms with E-state index in [1.807, 2.05) is 6.07 Å². The van der Waals surface area contributed by atoms with E-state index in [0.29, 0.717) is 12.3 Å². The maximum atomic E-state index is 11.8. The summed E-state index contributed by atoms with van der Waals surface area (Å²) >= 11 is 0. The Kier molecular flexibility index (Phi) is 5.18. The van der Waals surface area contributed by atoms with Gasteiger partial charge in [0, 0.05) is 30.4 Å². The lowest BCUT2D eigenvalue weighted by Gasteiger charge is -2.32. The number of likely N-dealkylation sites (tertiary alicyclic amines) is 1. The van der Waals surface area contributed by atoms with E-state index in [4.69, 9.17) is 14.3 Å². The maximum Gasteiger partial charge on any atom is 0.325 e. The number of carboxylic acid groups (broad SMARTS) is 1. The van der Waals surface area contributed by atoms with Crippen molar-refractivity contribution in [2.75, 3.05) is 20.2 Å². The fourth-order valence-corrected chi connectivity index (χ4v) is 3.28. The van der Waals surface area contributed by atoms with E-state index < -0.39 is 5.97 Å². The number of carboxylic acids is 1. The van der Waals surface area contributed by atoms with Gasteiger partial charge in [0.2, 0.25) is 11.2 Å². The summed E-state index contributed by atoms with van der Waals surface area (Å²) < 4.78 is 11.9. The molecule has 1 aliphatic rings. The third-order valence-electron chi connectivity index (χ3n) is 4.41. The van der Waals surface area contributed by atoms with Gasteiger partial charge in [-0.25, -0.2) is 0 Å². The van der Waals surface area contributed by atoms with Gasteiger partial charge in [-0.05, 0) is 25.5 Å². The van der Waals surface area contributed by atoms with Crippen LogP contribution in [0.25, 0.3) is 0 Å². The van der Waals surface area contributed by atoms with Crippen LogP contribution in [0.15, 0.2) is 33.8 Å². The molecular weight excluding hydrogens is 326 g/mol. The van der Waals surface area contributed by atoms with E-state index in [2.05, 4.69) is 10.00 Å². The van der Waals surface area contributed by atoms with Crippen LogP contribution in [0.5, 0.6) is 5.75 Å². The largest absolute Gasteiger partial charge is 0.490 e. The molecule has 25 heavy (non-hydrogen) atoms. The van der Waals surface area contributed by atoms with E-state index in [9.17, 15) is 9.59 Å². The molecule has 1 N–H and O–H groups in total. The van der Waals surface area contributed by atoms with Gasteiger partial charge >= 0.3 is 5.97 Å². The zero-order valence-electron chi connectivity index (χ0n) is 14.1. The van der Waals surface area contributed by atoms with Crippen LogP contribution in [0, 0.1) is 0 Å². The Labute approximate surface area is 144 Å². The molecule has 1 fully saturated rings. The number of aromatic nitrogens is 2. The zero-order valence-corrected chi connectivity index (χ0v) is 14.1. The van der Waals surface area contributed by atoms with Gasteiger partial charge in [0.05, 0.1) is 13.7 Å². The molecule has 2 aromatic heterocycles. The van der Waals surface area contributed by atoms with Crippen LogP contribution in [-0.2, 0) is 17.9 Å². The molecule has 8 heteroatoms. The van der Waals surface area contributed by atoms with E-state index in [-0.39, 0.29) is 23.6 Å². The summed E-state index contributed by atoms with van der Waals surface area (Å²) in [4.78, 5) is 25.0. The standard InChI is InChI=1S/C17H21N3O5/c1-24-16-11-25-13(7-15(16)21)9-19-6-2-3-12(8-19)14-4-5-18-20(14)10-17(22)23/h4-5,7,11-12H,2-3,6,8-10H2,1H3,(H,22,23). The van der Waals surface area contributed by atoms with Crippen LogP contribution in [0.1, 0.15) is 30.2 Å². The summed E-state index contributed by atoms with van der Waals surface area (Å²) in [5.74, 6) is 0.0848. The third kappa shape index (κ3) is 4.08. The van der Waals surface area contributed by atoms with Gasteiger partial charge in [-0.1, -0.05) is 0 Å². The quantitative estimate of drug-likeness (QED) is 0.841. The second kappa shape index (κ2) is 7.52. The average molecular weight is 347 g/mol. The molecule has 1 saturated heterocycles. The lowest BCUT2D eigenvalue weighted by molar-refractivity contribution is -0.137. The predicted molar refractivity (Wildman–Crippen MR) is 88.6 cm³/mol. The van der Waals surface area contributed by atoms with Crippen LogP contribution in [0.4, 0.5) is 0 Å². The summed E-state index contributed by atoms with van der Waals surface area (Å²) in [6.45, 7) is 2.06. The summed E-state index contributed by atoms with van der Waals surface area (Å²) in [7, 11) is 1.43. The summed E-state index contributed by atoms with van der Waals surface area (Å²) in [5.41, 5.74) is 0.736. The number of piperidine rings is 1. The number of carbonyl (C=O) groups is 1. The van der Waals surface area contributed by atoms with Crippen molar-refractivity contribution in [1.29, 1.82) is 0 Å². The van der Waals surface area contributed by atoms with Crippen LogP contribution in [-0.4, -0.2) is 46.0 Å². The maximum absolute atomic E-state index is 11.8. The normalized spacial score (nSPS) is 18.2. The highest BCUT2D eigenvalue weighted by atomic mass is 16.5. The molecule has 1 atom stereocenters. The van der Waals surface area contributed by atoms with Gasteiger partial charge in [-0.3, -0.25) is 19.2 Å². The Balaban J connectivity index is 1.69. The Morgan fingerprint density at radius 1 is 1.52 bits per heavy atom. The van der Waals surface area contributed by atoms with Gasteiger partial charge in [0.15, 0.2) is 0 Å². The van der Waals surface area contributed by atoms with Crippen LogP contribution in [0.3, 0.4) is 0 Å². The van der Waals surface area contributed by atoms with Gasteiger partial charge in [-0.15, -0.1) is 0 Å². The van der Waals surface area contributed by atoms with Crippen molar-refractivity contribution < 1.29 is 19.1 Å². The Morgan fingerprint density at radius 2 is 2.36 bits per heavy atom. The molecule has 0 saturated carbocycles. The van der Waals surface area contributed by atoms with Gasteiger partial charge in [-0.2, -0.15) is 5.10 Å². The zero-order chi connectivity index (χ0) is 17.8. The topological polar surface area (TPSA) is 97.8 Å². The second-order valence-electron chi connectivity index (χ2n) is 6.16. The van der Waals surface area contributed by atoms with E-state index in [1.54, 1.807) is 10.9 Å². The number of hydrogen-bond acceptors (Lipinski definition) is 6. The van der Waals surface area contributed by atoms with E-state index in [1.165, 1.54) is 19.4 Å². The number of hydrogen-bond donors (Lipinski definition) is 1. The molecule has 1 aliphatic heterocycles. The third-order valence-corrected chi connectivity index (χ3v) is 4.41. The minimum Gasteiger partial charge on any atom is -0.490 e. The molecule has 0 radical (unpaired) electrons. The van der Waals surface area contributed by atoms with Gasteiger partial charge in [0.1, 0.15) is 18.6 Å². The summed E-state index contributed by atoms with van der Waals surface area (Å²) in [6, 6.07) is 3.34. The van der Waals surface area contributed by atoms with E-state index >= 15 is 0 Å². The molecule has 3 heterocycles. The monoisotopic (exact) mass is 347 g/mol. The number of nitrogens with zero attached hydrogens (tertiary/aromatic N) is 3. The molecule has 0 aliphatic carbocycles. The molecule has 8 nitrogen and oxygen atoms in total. The van der Waals surface area contributed by atoms with Crippen molar-refractivity contribution in [1.82, 2.24) is 14.7 Å². The molecule has 134 valence electrons. The van der Waals surface area contributed by atoms with Crippen LogP contribution >= 0.6 is 0 Å². The minimum absolute atomic E-state index is 0.133. The number of ether oxygens (including phenoxy) is 1. The predicted octanol–water partition coefficient (Wildman–Crippen LogP) is 1.31. The molecule has 1 unspecified atom stereocenters. The fraction of sp³-hybridized carbons (Fsp3) is 0.471. The first-order chi connectivity index (χ1) is 12.1. The lowest BCUT2D eigenvalue weighted by Crippen LogP contribution is -2.35. The molecule has 3 rings (SSSR count). The Hall–Kier alpha value is -2.61. The van der Waals surface area contributed by atoms with Gasteiger partial charge in [0.25, 0.3) is 0 Å². The molecule has 2 aromatic rings. The summed E-state index contributed by atoms with van der Waals surface area (Å²) in [5, 5.41) is 13.1. The number of aliphatic carboxylic acids is 1. The first-order valence-electron chi connectivity index (χ1n) is 8.18. The Bertz CT molecular complexity index is 798. The van der Waals surface area contributed by atoms with Gasteiger partial charge < -0.3 is 14.3 Å². The van der Waals surface area contributed by atoms with Crippen LogP contribution in [0.2, 0.25) is 0 Å². The SMILES string of the molecule is COc1coc(CN2CCCC(c3ccnn3CC(=O)O)C2)cc1=O. The van der Waals surface area contributed by atoms with Crippen molar-refractivity contribution in [3.63, 3.8) is 0 Å². The van der Waals surface area contributed by atoms with Crippen molar-refractivity contribution >= 4 is 5.97 Å². The average Bonchev–Trinajstić information content (AvgIpc) is 3.03. The Morgan fingerprint density at radius 3 is 3.08 bits per heavy atom. The molecular formula is C17H21N3O5. The minimum atomic E-state index is -0.905. The molecule has 0 amide bonds. The highest BCUT2D eigenvalue weighted by Crippen LogP contribution is 2.27. The molecule has 0 aromatic carbocycles. The summed E-state index contributed by atoms with van der Waals surface area (Å²) in [6.07, 6.45) is 4.94. The first-order valence-corrected chi connectivity index (χ1v) is 8.18. The number of methoxy groups -OCH3 is 1.